The van der Waals surface area contributed by atoms with Crippen molar-refractivity contribution < 1.29 is 4.42 Å². The van der Waals surface area contributed by atoms with Crippen LogP contribution in [0.2, 0.25) is 0 Å². The molecule has 0 aliphatic carbocycles. The van der Waals surface area contributed by atoms with Crippen LogP contribution in [0.5, 0.6) is 0 Å². The molecule has 0 bridgehead atoms. The Morgan fingerprint density at radius 1 is 1.29 bits per heavy atom. The van der Waals surface area contributed by atoms with Crippen LogP contribution >= 0.6 is 0 Å². The lowest BCUT2D eigenvalue weighted by Crippen LogP contribution is -2.25. The maximum Gasteiger partial charge on any atom is 0.134 e. The fraction of sp³-hybridized carbons (Fsp3) is 0.429. The summed E-state index contributed by atoms with van der Waals surface area (Å²) in [7, 11) is 0. The predicted octanol–water partition coefficient (Wildman–Crippen LogP) is 2.30. The molecule has 1 aromatic carbocycles. The predicted molar refractivity (Wildman–Crippen MR) is 71.1 cm³/mol. The van der Waals surface area contributed by atoms with E-state index in [4.69, 9.17) is 10.2 Å². The summed E-state index contributed by atoms with van der Waals surface area (Å²) in [6, 6.07) is 8.43. The summed E-state index contributed by atoms with van der Waals surface area (Å²) in [5.74, 6) is 0. The van der Waals surface area contributed by atoms with E-state index in [0.717, 1.165) is 31.5 Å². The molecule has 1 heterocycles. The van der Waals surface area contributed by atoms with E-state index >= 15 is 0 Å². The molecule has 1 aromatic heterocycles. The quantitative estimate of drug-likeness (QED) is 0.751. The lowest BCUT2D eigenvalue weighted by Gasteiger charge is -2.06. The Kier molecular flexibility index (Phi) is 4.18. The van der Waals surface area contributed by atoms with Gasteiger partial charge in [-0.05, 0) is 44.5 Å². The summed E-state index contributed by atoms with van der Waals surface area (Å²) < 4.78 is 5.50. The SMILES string of the molecule is CC(N)CCNCCc1coc2ccccc12. The molecule has 0 amide bonds. The molecule has 0 aliphatic heterocycles. The largest absolute Gasteiger partial charge is 0.464 e. The zero-order chi connectivity index (χ0) is 12.1. The standard InChI is InChI=1S/C14H20N2O/c1-11(15)6-8-16-9-7-12-10-17-14-5-3-2-4-13(12)14/h2-5,10-11,16H,6-9,15H2,1H3. The van der Waals surface area contributed by atoms with Gasteiger partial charge in [-0.3, -0.25) is 0 Å². The average Bonchev–Trinajstić information content (AvgIpc) is 2.72. The zero-order valence-electron chi connectivity index (χ0n) is 10.3. The molecule has 92 valence electrons. The van der Waals surface area contributed by atoms with Crippen LogP contribution in [-0.4, -0.2) is 19.1 Å². The van der Waals surface area contributed by atoms with Crippen LogP contribution in [0, 0.1) is 0 Å². The molecule has 3 heteroatoms. The zero-order valence-corrected chi connectivity index (χ0v) is 10.3. The van der Waals surface area contributed by atoms with Crippen molar-refractivity contribution in [2.45, 2.75) is 25.8 Å². The number of hydrogen-bond acceptors (Lipinski definition) is 3. The van der Waals surface area contributed by atoms with Gasteiger partial charge in [0.15, 0.2) is 0 Å². The van der Waals surface area contributed by atoms with Crippen molar-refractivity contribution in [3.05, 3.63) is 36.1 Å². The Hall–Kier alpha value is -1.32. The molecule has 17 heavy (non-hydrogen) atoms. The third-order valence-corrected chi connectivity index (χ3v) is 2.91. The highest BCUT2D eigenvalue weighted by atomic mass is 16.3. The molecule has 3 N–H and O–H groups in total. The molecule has 0 saturated carbocycles. The van der Waals surface area contributed by atoms with Gasteiger partial charge in [-0.2, -0.15) is 0 Å². The highest BCUT2D eigenvalue weighted by Gasteiger charge is 2.04. The topological polar surface area (TPSA) is 51.2 Å². The molecule has 2 aromatic rings. The van der Waals surface area contributed by atoms with E-state index in [-0.39, 0.29) is 6.04 Å². The first-order chi connectivity index (χ1) is 8.27. The summed E-state index contributed by atoms with van der Waals surface area (Å²) in [6.45, 7) is 3.98. The van der Waals surface area contributed by atoms with Crippen LogP contribution < -0.4 is 11.1 Å². The fourth-order valence-corrected chi connectivity index (χ4v) is 1.90. The van der Waals surface area contributed by atoms with Gasteiger partial charge in [0.1, 0.15) is 5.58 Å². The lowest BCUT2D eigenvalue weighted by atomic mass is 10.1. The molecular weight excluding hydrogens is 212 g/mol. The highest BCUT2D eigenvalue weighted by molar-refractivity contribution is 5.80. The number of nitrogens with one attached hydrogen (secondary N) is 1. The van der Waals surface area contributed by atoms with Crippen LogP contribution in [0.4, 0.5) is 0 Å². The van der Waals surface area contributed by atoms with Crippen LogP contribution in [-0.2, 0) is 6.42 Å². The molecule has 0 radical (unpaired) electrons. The van der Waals surface area contributed by atoms with E-state index in [2.05, 4.69) is 11.4 Å². The van der Waals surface area contributed by atoms with Gasteiger partial charge >= 0.3 is 0 Å². The fourth-order valence-electron chi connectivity index (χ4n) is 1.90. The molecular formula is C14H20N2O. The monoisotopic (exact) mass is 232 g/mol. The van der Waals surface area contributed by atoms with Crippen molar-refractivity contribution in [2.24, 2.45) is 5.73 Å². The van der Waals surface area contributed by atoms with Crippen LogP contribution in [0.1, 0.15) is 18.9 Å². The Balaban J connectivity index is 1.83. The van der Waals surface area contributed by atoms with Crippen molar-refractivity contribution in [3.8, 4) is 0 Å². The minimum absolute atomic E-state index is 0.275. The first kappa shape index (κ1) is 12.1. The van der Waals surface area contributed by atoms with Crippen LogP contribution in [0.3, 0.4) is 0 Å². The Bertz CT molecular complexity index is 462. The number of nitrogens with two attached hydrogens (primary N) is 1. The van der Waals surface area contributed by atoms with Gasteiger partial charge in [-0.1, -0.05) is 18.2 Å². The molecule has 3 nitrogen and oxygen atoms in total. The Morgan fingerprint density at radius 3 is 2.94 bits per heavy atom. The van der Waals surface area contributed by atoms with Gasteiger partial charge in [0.2, 0.25) is 0 Å². The molecule has 2 rings (SSSR count). The van der Waals surface area contributed by atoms with Gasteiger partial charge in [-0.25, -0.2) is 0 Å². The van der Waals surface area contributed by atoms with Crippen molar-refractivity contribution in [1.29, 1.82) is 0 Å². The van der Waals surface area contributed by atoms with E-state index in [1.54, 1.807) is 0 Å². The van der Waals surface area contributed by atoms with Crippen molar-refractivity contribution in [1.82, 2.24) is 5.32 Å². The first-order valence-electron chi connectivity index (χ1n) is 6.19. The highest BCUT2D eigenvalue weighted by Crippen LogP contribution is 2.20. The molecule has 0 fully saturated rings. The summed E-state index contributed by atoms with van der Waals surface area (Å²) in [4.78, 5) is 0. The van der Waals surface area contributed by atoms with Gasteiger partial charge in [0.05, 0.1) is 6.26 Å². The number of hydrogen-bond donors (Lipinski definition) is 2. The Morgan fingerprint density at radius 2 is 2.12 bits per heavy atom. The Labute approximate surface area is 102 Å². The summed E-state index contributed by atoms with van der Waals surface area (Å²) in [5, 5.41) is 4.62. The molecule has 0 aliphatic rings. The number of rotatable bonds is 6. The molecule has 0 spiro atoms. The minimum Gasteiger partial charge on any atom is -0.464 e. The smallest absolute Gasteiger partial charge is 0.134 e. The maximum atomic E-state index is 5.69. The maximum absolute atomic E-state index is 5.69. The third kappa shape index (κ3) is 3.32. The number of furan rings is 1. The van der Waals surface area contributed by atoms with E-state index in [1.165, 1.54) is 10.9 Å². The third-order valence-electron chi connectivity index (χ3n) is 2.91. The number of benzene rings is 1. The first-order valence-corrected chi connectivity index (χ1v) is 6.19. The van der Waals surface area contributed by atoms with Gasteiger partial charge in [-0.15, -0.1) is 0 Å². The number of fused-ring (bicyclic) bond motifs is 1. The van der Waals surface area contributed by atoms with Crippen molar-refractivity contribution in [3.63, 3.8) is 0 Å². The second-order valence-electron chi connectivity index (χ2n) is 4.52. The van der Waals surface area contributed by atoms with Crippen molar-refractivity contribution in [2.75, 3.05) is 13.1 Å². The number of para-hydroxylation sites is 1. The second-order valence-corrected chi connectivity index (χ2v) is 4.52. The molecule has 1 atom stereocenters. The summed E-state index contributed by atoms with van der Waals surface area (Å²) >= 11 is 0. The molecule has 1 unspecified atom stereocenters. The normalized spacial score (nSPS) is 13.1. The van der Waals surface area contributed by atoms with E-state index in [1.807, 2.05) is 31.4 Å². The average molecular weight is 232 g/mol. The summed E-state index contributed by atoms with van der Waals surface area (Å²) in [6.07, 6.45) is 3.88. The van der Waals surface area contributed by atoms with Gasteiger partial charge < -0.3 is 15.5 Å². The second kappa shape index (κ2) is 5.84. The van der Waals surface area contributed by atoms with Gasteiger partial charge in [0.25, 0.3) is 0 Å². The van der Waals surface area contributed by atoms with Crippen LogP contribution in [0.15, 0.2) is 34.9 Å². The lowest BCUT2D eigenvalue weighted by molar-refractivity contribution is 0.583. The van der Waals surface area contributed by atoms with Gasteiger partial charge in [0, 0.05) is 11.4 Å². The van der Waals surface area contributed by atoms with E-state index in [9.17, 15) is 0 Å². The minimum atomic E-state index is 0.275. The summed E-state index contributed by atoms with van der Waals surface area (Å²) in [5.41, 5.74) is 7.93. The van der Waals surface area contributed by atoms with Crippen molar-refractivity contribution >= 4 is 11.0 Å². The van der Waals surface area contributed by atoms with E-state index in [0.29, 0.717) is 0 Å². The van der Waals surface area contributed by atoms with Crippen LogP contribution in [0.25, 0.3) is 11.0 Å². The van der Waals surface area contributed by atoms with E-state index < -0.39 is 0 Å². The molecule has 0 saturated heterocycles.